The molecule has 8 heteroatoms. The molecule has 0 spiro atoms. The normalized spacial score (nSPS) is 11.8. The zero-order valence-corrected chi connectivity index (χ0v) is 14.2. The Labute approximate surface area is 128 Å². The molecule has 0 amide bonds. The summed E-state index contributed by atoms with van der Waals surface area (Å²) in [5.74, 6) is 0.737. The third-order valence-corrected chi connectivity index (χ3v) is 4.24. The van der Waals surface area contributed by atoms with Gasteiger partial charge in [0.25, 0.3) is 0 Å². The van der Waals surface area contributed by atoms with E-state index in [0.717, 1.165) is 0 Å². The molecule has 0 unspecified atom stereocenters. The molecule has 1 aromatic rings. The highest BCUT2D eigenvalue weighted by Crippen LogP contribution is 2.22. The first-order valence-corrected chi connectivity index (χ1v) is 8.55. The van der Waals surface area contributed by atoms with Gasteiger partial charge in [0.1, 0.15) is 10.7 Å². The predicted molar refractivity (Wildman–Crippen MR) is 82.3 cm³/mol. The molecule has 0 atom stereocenters. The van der Waals surface area contributed by atoms with Gasteiger partial charge in [-0.3, -0.25) is 0 Å². The van der Waals surface area contributed by atoms with Gasteiger partial charge in [0, 0.05) is 30.9 Å². The molecular formula is C12H20BrN3O3S. The maximum absolute atomic E-state index is 12.2. The predicted octanol–water partition coefficient (Wildman–Crippen LogP) is 1.84. The Morgan fingerprint density at radius 1 is 1.45 bits per heavy atom. The van der Waals surface area contributed by atoms with Gasteiger partial charge in [0.15, 0.2) is 0 Å². The van der Waals surface area contributed by atoms with Gasteiger partial charge < -0.3 is 10.1 Å². The van der Waals surface area contributed by atoms with E-state index in [4.69, 9.17) is 4.74 Å². The lowest BCUT2D eigenvalue weighted by atomic mass is 10.2. The van der Waals surface area contributed by atoms with Crippen molar-refractivity contribution in [3.05, 3.63) is 16.7 Å². The topological polar surface area (TPSA) is 80.3 Å². The van der Waals surface area contributed by atoms with Crippen LogP contribution in [0.4, 0.5) is 5.82 Å². The van der Waals surface area contributed by atoms with Crippen molar-refractivity contribution >= 4 is 31.8 Å². The maximum Gasteiger partial charge on any atom is 0.244 e. The SMILES string of the molecule is CNc1ncc(Br)cc1S(=O)(=O)NCCOCC(C)C. The summed E-state index contributed by atoms with van der Waals surface area (Å²) in [4.78, 5) is 4.13. The molecule has 0 radical (unpaired) electrons. The van der Waals surface area contributed by atoms with E-state index in [1.54, 1.807) is 7.05 Å². The quantitative estimate of drug-likeness (QED) is 0.687. The number of aromatic nitrogens is 1. The third kappa shape index (κ3) is 5.35. The summed E-state index contributed by atoms with van der Waals surface area (Å²) in [6.45, 7) is 5.26. The first-order valence-electron chi connectivity index (χ1n) is 6.27. The first-order chi connectivity index (χ1) is 9.36. The number of hydrogen-bond donors (Lipinski definition) is 2. The molecule has 114 valence electrons. The van der Waals surface area contributed by atoms with Crippen LogP contribution in [0.2, 0.25) is 0 Å². The van der Waals surface area contributed by atoms with Gasteiger partial charge in [-0.2, -0.15) is 0 Å². The number of anilines is 1. The van der Waals surface area contributed by atoms with Crippen LogP contribution in [-0.2, 0) is 14.8 Å². The summed E-state index contributed by atoms with van der Waals surface area (Å²) in [7, 11) is -1.99. The number of nitrogens with one attached hydrogen (secondary N) is 2. The molecule has 0 aliphatic carbocycles. The van der Waals surface area contributed by atoms with Crippen molar-refractivity contribution < 1.29 is 13.2 Å². The van der Waals surface area contributed by atoms with Crippen LogP contribution in [-0.4, -0.2) is 40.2 Å². The summed E-state index contributed by atoms with van der Waals surface area (Å²) in [5.41, 5.74) is 0. The van der Waals surface area contributed by atoms with Gasteiger partial charge in [0.05, 0.1) is 6.61 Å². The molecule has 1 heterocycles. The molecule has 1 rings (SSSR count). The third-order valence-electron chi connectivity index (χ3n) is 2.34. The van der Waals surface area contributed by atoms with Crippen LogP contribution in [0.15, 0.2) is 21.6 Å². The second-order valence-electron chi connectivity index (χ2n) is 4.62. The largest absolute Gasteiger partial charge is 0.380 e. The number of hydrogen-bond acceptors (Lipinski definition) is 5. The molecule has 0 saturated heterocycles. The molecule has 0 aliphatic rings. The van der Waals surface area contributed by atoms with Crippen molar-refractivity contribution in [2.24, 2.45) is 5.92 Å². The van der Waals surface area contributed by atoms with E-state index in [1.165, 1.54) is 12.3 Å². The zero-order chi connectivity index (χ0) is 15.2. The fraction of sp³-hybridized carbons (Fsp3) is 0.583. The van der Waals surface area contributed by atoms with Gasteiger partial charge in [-0.15, -0.1) is 0 Å². The lowest BCUT2D eigenvalue weighted by Crippen LogP contribution is -2.28. The lowest BCUT2D eigenvalue weighted by Gasteiger charge is -2.11. The summed E-state index contributed by atoms with van der Waals surface area (Å²) >= 11 is 3.22. The Morgan fingerprint density at radius 3 is 2.75 bits per heavy atom. The molecule has 2 N–H and O–H groups in total. The Hall–Kier alpha value is -0.700. The van der Waals surface area contributed by atoms with Crippen LogP contribution < -0.4 is 10.0 Å². The summed E-state index contributed by atoms with van der Waals surface area (Å²) in [6, 6.07) is 1.51. The van der Waals surface area contributed by atoms with Crippen LogP contribution in [0.25, 0.3) is 0 Å². The molecule has 0 aliphatic heterocycles. The molecule has 0 fully saturated rings. The van der Waals surface area contributed by atoms with E-state index in [9.17, 15) is 8.42 Å². The number of sulfonamides is 1. The number of nitrogens with zero attached hydrogens (tertiary/aromatic N) is 1. The van der Waals surface area contributed by atoms with Crippen LogP contribution in [0.3, 0.4) is 0 Å². The standard InChI is InChI=1S/C12H20BrN3O3S/c1-9(2)8-19-5-4-16-20(17,18)11-6-10(13)7-15-12(11)14-3/h6-7,9,16H,4-5,8H2,1-3H3,(H,14,15). The van der Waals surface area contributed by atoms with Crippen molar-refractivity contribution in [1.82, 2.24) is 9.71 Å². The number of ether oxygens (including phenoxy) is 1. The molecule has 6 nitrogen and oxygen atoms in total. The Balaban J connectivity index is 2.67. The van der Waals surface area contributed by atoms with Crippen LogP contribution >= 0.6 is 15.9 Å². The second kappa shape index (κ2) is 7.92. The Morgan fingerprint density at radius 2 is 2.15 bits per heavy atom. The molecule has 0 bridgehead atoms. The molecule has 0 aromatic carbocycles. The van der Waals surface area contributed by atoms with Crippen molar-refractivity contribution in [1.29, 1.82) is 0 Å². The monoisotopic (exact) mass is 365 g/mol. The highest BCUT2D eigenvalue weighted by atomic mass is 79.9. The van der Waals surface area contributed by atoms with Crippen LogP contribution in [0.1, 0.15) is 13.8 Å². The van der Waals surface area contributed by atoms with Gasteiger partial charge in [-0.05, 0) is 27.9 Å². The minimum absolute atomic E-state index is 0.109. The number of rotatable bonds is 8. The van der Waals surface area contributed by atoms with Gasteiger partial charge in [0.2, 0.25) is 10.0 Å². The van der Waals surface area contributed by atoms with Crippen LogP contribution in [0.5, 0.6) is 0 Å². The molecule has 0 saturated carbocycles. The first kappa shape index (κ1) is 17.4. The van der Waals surface area contributed by atoms with E-state index >= 15 is 0 Å². The van der Waals surface area contributed by atoms with Gasteiger partial charge in [-0.25, -0.2) is 18.1 Å². The summed E-state index contributed by atoms with van der Waals surface area (Å²) in [6.07, 6.45) is 1.54. The number of pyridine rings is 1. The van der Waals surface area contributed by atoms with Gasteiger partial charge >= 0.3 is 0 Å². The Bertz CT molecular complexity index is 535. The fourth-order valence-corrected chi connectivity index (χ4v) is 3.14. The fourth-order valence-electron chi connectivity index (χ4n) is 1.46. The average molecular weight is 366 g/mol. The van der Waals surface area contributed by atoms with Crippen molar-refractivity contribution in [3.63, 3.8) is 0 Å². The smallest absolute Gasteiger partial charge is 0.244 e. The highest BCUT2D eigenvalue weighted by molar-refractivity contribution is 9.10. The summed E-state index contributed by atoms with van der Waals surface area (Å²) < 4.78 is 32.8. The zero-order valence-electron chi connectivity index (χ0n) is 11.8. The average Bonchev–Trinajstić information content (AvgIpc) is 2.37. The van der Waals surface area contributed by atoms with Crippen LogP contribution in [0, 0.1) is 5.92 Å². The van der Waals surface area contributed by atoms with Gasteiger partial charge in [-0.1, -0.05) is 13.8 Å². The maximum atomic E-state index is 12.2. The van der Waals surface area contributed by atoms with E-state index in [0.29, 0.717) is 29.4 Å². The minimum atomic E-state index is -3.61. The number of halogens is 1. The molecule has 1 aromatic heterocycles. The van der Waals surface area contributed by atoms with E-state index in [1.807, 2.05) is 13.8 Å². The van der Waals surface area contributed by atoms with E-state index < -0.39 is 10.0 Å². The highest BCUT2D eigenvalue weighted by Gasteiger charge is 2.19. The minimum Gasteiger partial charge on any atom is -0.380 e. The van der Waals surface area contributed by atoms with E-state index in [-0.39, 0.29) is 11.4 Å². The summed E-state index contributed by atoms with van der Waals surface area (Å²) in [5, 5.41) is 2.76. The lowest BCUT2D eigenvalue weighted by molar-refractivity contribution is 0.114. The second-order valence-corrected chi connectivity index (χ2v) is 7.27. The van der Waals surface area contributed by atoms with E-state index in [2.05, 4.69) is 31.0 Å². The Kier molecular flexibility index (Phi) is 6.87. The van der Waals surface area contributed by atoms with Crippen molar-refractivity contribution in [2.75, 3.05) is 32.1 Å². The molecule has 20 heavy (non-hydrogen) atoms. The van der Waals surface area contributed by atoms with Crippen molar-refractivity contribution in [3.8, 4) is 0 Å². The molecular weight excluding hydrogens is 346 g/mol. The van der Waals surface area contributed by atoms with Crippen molar-refractivity contribution in [2.45, 2.75) is 18.7 Å².